The number of hydrogen-bond acceptors (Lipinski definition) is 5. The molecule has 1 heterocycles. The van der Waals surface area contributed by atoms with Gasteiger partial charge in [-0.05, 0) is 75.4 Å². The molecule has 0 aromatic heterocycles. The Hall–Kier alpha value is -1.95. The van der Waals surface area contributed by atoms with E-state index >= 15 is 0 Å². The van der Waals surface area contributed by atoms with Crippen LogP contribution in [0.4, 0.5) is 5.69 Å². The number of carboxylic acid groups (broad SMARTS) is 1. The van der Waals surface area contributed by atoms with E-state index in [4.69, 9.17) is 9.84 Å². The molecule has 144 valence electrons. The lowest BCUT2D eigenvalue weighted by atomic mass is 10.1. The van der Waals surface area contributed by atoms with Crippen molar-refractivity contribution in [2.75, 3.05) is 19.7 Å². The Morgan fingerprint density at radius 2 is 2.08 bits per heavy atom. The number of azo groups is 1. The number of nitrogens with zero attached hydrogens (tertiary/aromatic N) is 2. The average molecular weight is 361 g/mol. The van der Waals surface area contributed by atoms with Gasteiger partial charge >= 0.3 is 5.97 Å². The summed E-state index contributed by atoms with van der Waals surface area (Å²) in [4.78, 5) is 10.5. The van der Waals surface area contributed by atoms with Gasteiger partial charge in [-0.25, -0.2) is 0 Å². The number of piperidine rings is 1. The van der Waals surface area contributed by atoms with Gasteiger partial charge in [-0.2, -0.15) is 10.2 Å². The van der Waals surface area contributed by atoms with Crippen LogP contribution in [0.2, 0.25) is 0 Å². The second-order valence-corrected chi connectivity index (χ2v) is 6.79. The van der Waals surface area contributed by atoms with E-state index in [2.05, 4.69) is 28.5 Å². The monoisotopic (exact) mass is 361 g/mol. The molecule has 2 N–H and O–H groups in total. The summed E-state index contributed by atoms with van der Waals surface area (Å²) in [5.41, 5.74) is 2.06. The van der Waals surface area contributed by atoms with Gasteiger partial charge in [0.15, 0.2) is 0 Å². The highest BCUT2D eigenvalue weighted by Crippen LogP contribution is 2.27. The van der Waals surface area contributed by atoms with Crippen molar-refractivity contribution < 1.29 is 14.6 Å². The van der Waals surface area contributed by atoms with Crippen LogP contribution >= 0.6 is 0 Å². The molecule has 1 saturated heterocycles. The lowest BCUT2D eigenvalue weighted by molar-refractivity contribution is -0.137. The van der Waals surface area contributed by atoms with Crippen LogP contribution in [-0.2, 0) is 11.2 Å². The molecule has 1 aliphatic heterocycles. The molecule has 0 amide bonds. The van der Waals surface area contributed by atoms with Gasteiger partial charge in [0.2, 0.25) is 0 Å². The van der Waals surface area contributed by atoms with Crippen molar-refractivity contribution in [3.05, 3.63) is 23.8 Å². The third kappa shape index (κ3) is 7.52. The molecule has 0 bridgehead atoms. The molecule has 0 saturated carbocycles. The van der Waals surface area contributed by atoms with Crippen LogP contribution < -0.4 is 10.1 Å². The van der Waals surface area contributed by atoms with Crippen LogP contribution in [0.25, 0.3) is 0 Å². The summed E-state index contributed by atoms with van der Waals surface area (Å²) in [7, 11) is 0. The molecular formula is C20H31N3O3. The number of ether oxygens (including phenoxy) is 1. The van der Waals surface area contributed by atoms with Crippen molar-refractivity contribution in [2.45, 2.75) is 64.3 Å². The highest BCUT2D eigenvalue weighted by atomic mass is 16.5. The maximum absolute atomic E-state index is 10.5. The number of rotatable bonds is 11. The van der Waals surface area contributed by atoms with E-state index in [0.717, 1.165) is 63.1 Å². The van der Waals surface area contributed by atoms with Gasteiger partial charge in [-0.15, -0.1) is 0 Å². The van der Waals surface area contributed by atoms with Crippen LogP contribution in [0.3, 0.4) is 0 Å². The smallest absolute Gasteiger partial charge is 0.303 e. The van der Waals surface area contributed by atoms with Gasteiger partial charge in [0.05, 0.1) is 18.3 Å². The maximum atomic E-state index is 10.5. The molecule has 1 aliphatic rings. The molecule has 0 radical (unpaired) electrons. The standard InChI is InChI=1S/C20H31N3O3/c1-2-6-16-15-18(23-22-17-10-12-21-13-11-17)8-9-19(16)26-14-5-3-4-7-20(24)25/h8-9,15,17,21H,2-7,10-14H2,1H3,(H,24,25). The molecular weight excluding hydrogens is 330 g/mol. The van der Waals surface area contributed by atoms with Gasteiger partial charge in [0, 0.05) is 6.42 Å². The molecule has 2 rings (SSSR count). The predicted molar refractivity (Wildman–Crippen MR) is 102 cm³/mol. The van der Waals surface area contributed by atoms with Crippen LogP contribution in [0.1, 0.15) is 57.4 Å². The number of carboxylic acids is 1. The molecule has 1 aromatic carbocycles. The summed E-state index contributed by atoms with van der Waals surface area (Å²) in [6.07, 6.45) is 6.78. The van der Waals surface area contributed by atoms with Crippen molar-refractivity contribution in [2.24, 2.45) is 10.2 Å². The van der Waals surface area contributed by atoms with Crippen molar-refractivity contribution in [3.63, 3.8) is 0 Å². The van der Waals surface area contributed by atoms with E-state index in [0.29, 0.717) is 19.1 Å². The number of aryl methyl sites for hydroxylation is 1. The number of hydrogen-bond donors (Lipinski definition) is 2. The quantitative estimate of drug-likeness (QED) is 0.449. The molecule has 26 heavy (non-hydrogen) atoms. The summed E-state index contributed by atoms with van der Waals surface area (Å²) in [6, 6.07) is 6.35. The topological polar surface area (TPSA) is 83.3 Å². The molecule has 1 aromatic rings. The van der Waals surface area contributed by atoms with Gasteiger partial charge in [0.25, 0.3) is 0 Å². The van der Waals surface area contributed by atoms with Crippen LogP contribution in [0, 0.1) is 0 Å². The van der Waals surface area contributed by atoms with Gasteiger partial charge in [0.1, 0.15) is 5.75 Å². The summed E-state index contributed by atoms with van der Waals surface area (Å²) < 4.78 is 5.92. The van der Waals surface area contributed by atoms with Crippen molar-refractivity contribution in [1.82, 2.24) is 5.32 Å². The van der Waals surface area contributed by atoms with E-state index in [1.807, 2.05) is 12.1 Å². The second kappa shape index (κ2) is 11.6. The second-order valence-electron chi connectivity index (χ2n) is 6.79. The maximum Gasteiger partial charge on any atom is 0.303 e. The first-order valence-electron chi connectivity index (χ1n) is 9.78. The minimum Gasteiger partial charge on any atom is -0.493 e. The normalized spacial score (nSPS) is 15.4. The lowest BCUT2D eigenvalue weighted by Gasteiger charge is -2.17. The number of carbonyl (C=O) groups is 1. The fraction of sp³-hybridized carbons (Fsp3) is 0.650. The zero-order valence-electron chi connectivity index (χ0n) is 15.7. The fourth-order valence-electron chi connectivity index (χ4n) is 3.04. The predicted octanol–water partition coefficient (Wildman–Crippen LogP) is 4.50. The Balaban J connectivity index is 1.86. The number of benzene rings is 1. The third-order valence-corrected chi connectivity index (χ3v) is 4.50. The Labute approximate surface area is 156 Å². The molecule has 0 spiro atoms. The molecule has 0 atom stereocenters. The number of nitrogens with one attached hydrogen (secondary N) is 1. The van der Waals surface area contributed by atoms with Crippen LogP contribution in [0.15, 0.2) is 28.4 Å². The van der Waals surface area contributed by atoms with E-state index < -0.39 is 5.97 Å². The minimum absolute atomic E-state index is 0.234. The first kappa shape index (κ1) is 20.4. The van der Waals surface area contributed by atoms with Crippen molar-refractivity contribution in [3.8, 4) is 5.75 Å². The number of unbranched alkanes of at least 4 members (excludes halogenated alkanes) is 2. The van der Waals surface area contributed by atoms with Crippen molar-refractivity contribution >= 4 is 11.7 Å². The summed E-state index contributed by atoms with van der Waals surface area (Å²) in [6.45, 7) is 4.80. The van der Waals surface area contributed by atoms with Crippen LogP contribution in [-0.4, -0.2) is 36.8 Å². The van der Waals surface area contributed by atoms with E-state index in [1.54, 1.807) is 0 Å². The molecule has 1 fully saturated rings. The SMILES string of the molecule is CCCc1cc(N=NC2CCNCC2)ccc1OCCCCCC(=O)O. The highest BCUT2D eigenvalue weighted by molar-refractivity contribution is 5.66. The largest absolute Gasteiger partial charge is 0.493 e. The Morgan fingerprint density at radius 3 is 2.81 bits per heavy atom. The van der Waals surface area contributed by atoms with Crippen molar-refractivity contribution in [1.29, 1.82) is 0 Å². The van der Waals surface area contributed by atoms with Gasteiger partial charge in [-0.1, -0.05) is 13.3 Å². The summed E-state index contributed by atoms with van der Waals surface area (Å²) in [5, 5.41) is 20.9. The fourth-order valence-corrected chi connectivity index (χ4v) is 3.04. The zero-order valence-corrected chi connectivity index (χ0v) is 15.7. The molecule has 0 unspecified atom stereocenters. The summed E-state index contributed by atoms with van der Waals surface area (Å²) >= 11 is 0. The Bertz CT molecular complexity index is 584. The Kier molecular flexibility index (Phi) is 9.10. The van der Waals surface area contributed by atoms with E-state index in [9.17, 15) is 4.79 Å². The first-order valence-corrected chi connectivity index (χ1v) is 9.78. The number of aliphatic carboxylic acids is 1. The Morgan fingerprint density at radius 1 is 1.27 bits per heavy atom. The average Bonchev–Trinajstić information content (AvgIpc) is 2.65. The lowest BCUT2D eigenvalue weighted by Crippen LogP contribution is -2.29. The molecule has 0 aliphatic carbocycles. The van der Waals surface area contributed by atoms with E-state index in [-0.39, 0.29) is 6.42 Å². The van der Waals surface area contributed by atoms with Crippen LogP contribution in [0.5, 0.6) is 5.75 Å². The van der Waals surface area contributed by atoms with Gasteiger partial charge < -0.3 is 15.2 Å². The summed E-state index contributed by atoms with van der Waals surface area (Å²) in [5.74, 6) is 0.177. The zero-order chi connectivity index (χ0) is 18.6. The molecule has 6 nitrogen and oxygen atoms in total. The first-order chi connectivity index (χ1) is 12.7. The minimum atomic E-state index is -0.731. The third-order valence-electron chi connectivity index (χ3n) is 4.50. The highest BCUT2D eigenvalue weighted by Gasteiger charge is 2.11. The van der Waals surface area contributed by atoms with Gasteiger partial charge in [-0.3, -0.25) is 4.79 Å². The van der Waals surface area contributed by atoms with E-state index in [1.165, 1.54) is 5.56 Å². The molecule has 6 heteroatoms.